The van der Waals surface area contributed by atoms with E-state index in [1.54, 1.807) is 6.20 Å². The first kappa shape index (κ1) is 16.5. The van der Waals surface area contributed by atoms with Crippen molar-refractivity contribution in [2.75, 3.05) is 13.1 Å². The van der Waals surface area contributed by atoms with Crippen LogP contribution in [0.15, 0.2) is 12.4 Å². The quantitative estimate of drug-likeness (QED) is 0.841. The van der Waals surface area contributed by atoms with E-state index in [0.717, 1.165) is 45.2 Å². The molecule has 1 aromatic heterocycles. The highest BCUT2D eigenvalue weighted by Gasteiger charge is 2.37. The SMILES string of the molecule is CC1CC(C(=O)N2CCCC(n3ccnn3)CC2)CC(C)(C)C1. The Hall–Kier alpha value is -1.39. The molecule has 0 bridgehead atoms. The van der Waals surface area contributed by atoms with Gasteiger partial charge in [-0.05, 0) is 49.9 Å². The second-order valence-corrected chi connectivity index (χ2v) is 8.40. The Labute approximate surface area is 139 Å². The van der Waals surface area contributed by atoms with Gasteiger partial charge >= 0.3 is 0 Å². The Kier molecular flexibility index (Phi) is 4.74. The molecule has 5 nitrogen and oxygen atoms in total. The first-order chi connectivity index (χ1) is 10.9. The number of nitrogens with zero attached hydrogens (tertiary/aromatic N) is 4. The predicted molar refractivity (Wildman–Crippen MR) is 89.8 cm³/mol. The molecule has 23 heavy (non-hydrogen) atoms. The van der Waals surface area contributed by atoms with Gasteiger partial charge in [-0.15, -0.1) is 5.10 Å². The molecular formula is C18H30N4O. The monoisotopic (exact) mass is 318 g/mol. The maximum absolute atomic E-state index is 13.0. The van der Waals surface area contributed by atoms with Crippen molar-refractivity contribution in [3.63, 3.8) is 0 Å². The molecule has 2 aliphatic rings. The van der Waals surface area contributed by atoms with Crippen molar-refractivity contribution in [3.05, 3.63) is 12.4 Å². The minimum Gasteiger partial charge on any atom is -0.342 e. The third-order valence-corrected chi connectivity index (χ3v) is 5.56. The second kappa shape index (κ2) is 6.62. The molecule has 2 fully saturated rings. The number of carbonyl (C=O) groups is 1. The molecule has 5 heteroatoms. The summed E-state index contributed by atoms with van der Waals surface area (Å²) in [6.07, 6.45) is 10.1. The Bertz CT molecular complexity index is 525. The van der Waals surface area contributed by atoms with Gasteiger partial charge in [0, 0.05) is 25.2 Å². The van der Waals surface area contributed by atoms with Crippen LogP contribution in [0.5, 0.6) is 0 Å². The van der Waals surface area contributed by atoms with Gasteiger partial charge in [0.15, 0.2) is 0 Å². The summed E-state index contributed by atoms with van der Waals surface area (Å²) in [5.41, 5.74) is 0.299. The van der Waals surface area contributed by atoms with Gasteiger partial charge in [-0.3, -0.25) is 4.79 Å². The van der Waals surface area contributed by atoms with Crippen molar-refractivity contribution in [1.29, 1.82) is 0 Å². The van der Waals surface area contributed by atoms with E-state index in [2.05, 4.69) is 36.0 Å². The molecule has 1 saturated carbocycles. The summed E-state index contributed by atoms with van der Waals surface area (Å²) in [5.74, 6) is 1.27. The van der Waals surface area contributed by atoms with Crippen molar-refractivity contribution < 1.29 is 4.79 Å². The van der Waals surface area contributed by atoms with Crippen LogP contribution in [-0.2, 0) is 4.79 Å². The zero-order valence-corrected chi connectivity index (χ0v) is 14.7. The third-order valence-electron chi connectivity index (χ3n) is 5.56. The van der Waals surface area contributed by atoms with Crippen LogP contribution in [0.1, 0.15) is 65.3 Å². The number of amides is 1. The lowest BCUT2D eigenvalue weighted by atomic mass is 9.67. The summed E-state index contributed by atoms with van der Waals surface area (Å²) in [7, 11) is 0. The molecule has 3 unspecified atom stereocenters. The molecule has 0 spiro atoms. The normalized spacial score (nSPS) is 31.6. The van der Waals surface area contributed by atoms with Crippen LogP contribution < -0.4 is 0 Å². The zero-order valence-electron chi connectivity index (χ0n) is 14.7. The highest BCUT2D eigenvalue weighted by atomic mass is 16.2. The largest absolute Gasteiger partial charge is 0.342 e. The van der Waals surface area contributed by atoms with Gasteiger partial charge in [0.2, 0.25) is 5.91 Å². The van der Waals surface area contributed by atoms with Crippen LogP contribution in [0.4, 0.5) is 0 Å². The fourth-order valence-electron chi connectivity index (χ4n) is 4.77. The summed E-state index contributed by atoms with van der Waals surface area (Å²) in [6, 6.07) is 0.386. The number of hydrogen-bond donors (Lipinski definition) is 0. The number of carbonyl (C=O) groups excluding carboxylic acids is 1. The highest BCUT2D eigenvalue weighted by molar-refractivity contribution is 5.79. The molecule has 0 N–H and O–H groups in total. The van der Waals surface area contributed by atoms with Crippen LogP contribution in [-0.4, -0.2) is 38.9 Å². The van der Waals surface area contributed by atoms with Crippen molar-refractivity contribution in [3.8, 4) is 0 Å². The van der Waals surface area contributed by atoms with Gasteiger partial charge in [-0.2, -0.15) is 0 Å². The number of rotatable bonds is 2. The average molecular weight is 318 g/mol. The summed E-state index contributed by atoms with van der Waals surface area (Å²) in [6.45, 7) is 8.67. The molecule has 1 aliphatic carbocycles. The standard InChI is InChI=1S/C18H30N4O/c1-14-11-15(13-18(2,3)12-14)17(23)21-8-4-5-16(6-9-21)22-10-7-19-20-22/h7,10,14-16H,4-6,8-9,11-13H2,1-3H3. The fourth-order valence-corrected chi connectivity index (χ4v) is 4.77. The maximum atomic E-state index is 13.0. The lowest BCUT2D eigenvalue weighted by Gasteiger charge is -2.40. The van der Waals surface area contributed by atoms with E-state index in [9.17, 15) is 4.79 Å². The predicted octanol–water partition coefficient (Wildman–Crippen LogP) is 3.29. The van der Waals surface area contributed by atoms with E-state index in [-0.39, 0.29) is 5.92 Å². The molecule has 0 aromatic carbocycles. The van der Waals surface area contributed by atoms with Crippen LogP contribution in [0, 0.1) is 17.3 Å². The van der Waals surface area contributed by atoms with Gasteiger partial charge in [0.25, 0.3) is 0 Å². The third kappa shape index (κ3) is 3.93. The molecule has 0 radical (unpaired) electrons. The Morgan fingerprint density at radius 2 is 2.04 bits per heavy atom. The lowest BCUT2D eigenvalue weighted by molar-refractivity contribution is -0.138. The van der Waals surface area contributed by atoms with Crippen molar-refractivity contribution in [2.45, 2.75) is 65.3 Å². The molecule has 2 heterocycles. The van der Waals surface area contributed by atoms with E-state index in [1.165, 1.54) is 6.42 Å². The average Bonchev–Trinajstić information content (AvgIpc) is 2.89. The number of likely N-dealkylation sites (tertiary alicyclic amines) is 1. The topological polar surface area (TPSA) is 51.0 Å². The van der Waals surface area contributed by atoms with Crippen molar-refractivity contribution in [2.24, 2.45) is 17.3 Å². The lowest BCUT2D eigenvalue weighted by Crippen LogP contribution is -2.41. The molecular weight excluding hydrogens is 288 g/mol. The summed E-state index contributed by atoms with van der Waals surface area (Å²) in [5, 5.41) is 8.05. The maximum Gasteiger partial charge on any atom is 0.225 e. The van der Waals surface area contributed by atoms with Crippen LogP contribution in [0.2, 0.25) is 0 Å². The van der Waals surface area contributed by atoms with Crippen LogP contribution in [0.25, 0.3) is 0 Å². The van der Waals surface area contributed by atoms with Gasteiger partial charge in [0.05, 0.1) is 12.2 Å². The first-order valence-corrected chi connectivity index (χ1v) is 9.09. The molecule has 3 rings (SSSR count). The molecule has 128 valence electrons. The highest BCUT2D eigenvalue weighted by Crippen LogP contribution is 2.42. The minimum atomic E-state index is 0.219. The smallest absolute Gasteiger partial charge is 0.225 e. The van der Waals surface area contributed by atoms with Crippen LogP contribution >= 0.6 is 0 Å². The van der Waals surface area contributed by atoms with Crippen molar-refractivity contribution in [1.82, 2.24) is 19.9 Å². The van der Waals surface area contributed by atoms with E-state index >= 15 is 0 Å². The minimum absolute atomic E-state index is 0.219. The molecule has 1 saturated heterocycles. The number of aromatic nitrogens is 3. The zero-order chi connectivity index (χ0) is 16.4. The van der Waals surface area contributed by atoms with Gasteiger partial charge in [-0.25, -0.2) is 4.68 Å². The summed E-state index contributed by atoms with van der Waals surface area (Å²) < 4.78 is 1.96. The molecule has 1 aromatic rings. The molecule has 1 amide bonds. The Morgan fingerprint density at radius 1 is 1.22 bits per heavy atom. The Morgan fingerprint density at radius 3 is 2.74 bits per heavy atom. The Balaban J connectivity index is 1.62. The number of hydrogen-bond acceptors (Lipinski definition) is 3. The molecule has 1 aliphatic heterocycles. The van der Waals surface area contributed by atoms with E-state index in [0.29, 0.717) is 23.3 Å². The second-order valence-electron chi connectivity index (χ2n) is 8.40. The fraction of sp³-hybridized carbons (Fsp3) is 0.833. The van der Waals surface area contributed by atoms with E-state index in [4.69, 9.17) is 0 Å². The van der Waals surface area contributed by atoms with Crippen LogP contribution in [0.3, 0.4) is 0 Å². The molecule has 3 atom stereocenters. The summed E-state index contributed by atoms with van der Waals surface area (Å²) >= 11 is 0. The van der Waals surface area contributed by atoms with Gasteiger partial charge < -0.3 is 4.90 Å². The van der Waals surface area contributed by atoms with Crippen molar-refractivity contribution >= 4 is 5.91 Å². The van der Waals surface area contributed by atoms with Gasteiger partial charge in [-0.1, -0.05) is 26.0 Å². The summed E-state index contributed by atoms with van der Waals surface area (Å²) in [4.78, 5) is 15.1. The first-order valence-electron chi connectivity index (χ1n) is 9.09. The van der Waals surface area contributed by atoms with Gasteiger partial charge in [0.1, 0.15) is 0 Å². The van der Waals surface area contributed by atoms with E-state index < -0.39 is 0 Å². The van der Waals surface area contributed by atoms with E-state index in [1.807, 2.05) is 10.9 Å².